The van der Waals surface area contributed by atoms with Gasteiger partial charge in [-0.15, -0.1) is 0 Å². The molecule has 0 aromatic rings. The van der Waals surface area contributed by atoms with Gasteiger partial charge < -0.3 is 20.5 Å². The molecule has 1 fully saturated rings. The van der Waals surface area contributed by atoms with Crippen molar-refractivity contribution in [3.05, 3.63) is 0 Å². The van der Waals surface area contributed by atoms with Crippen LogP contribution in [-0.4, -0.2) is 60.9 Å². The van der Waals surface area contributed by atoms with E-state index >= 15 is 0 Å². The molecule has 0 bridgehead atoms. The lowest BCUT2D eigenvalue weighted by molar-refractivity contribution is -0.134. The summed E-state index contributed by atoms with van der Waals surface area (Å²) in [7, 11) is 0. The quantitative estimate of drug-likeness (QED) is 0.785. The van der Waals surface area contributed by atoms with Crippen LogP contribution in [0.3, 0.4) is 0 Å². The summed E-state index contributed by atoms with van der Waals surface area (Å²) in [5, 5.41) is 3.18. The molecule has 7 nitrogen and oxygen atoms in total. The molecule has 0 aromatic heterocycles. The van der Waals surface area contributed by atoms with E-state index in [9.17, 15) is 9.59 Å². The number of nitrogens with two attached hydrogens (primary N) is 1. The molecule has 23 heavy (non-hydrogen) atoms. The minimum atomic E-state index is -0.723. The highest BCUT2D eigenvalue weighted by Gasteiger charge is 2.33. The van der Waals surface area contributed by atoms with Crippen LogP contribution < -0.4 is 11.1 Å². The van der Waals surface area contributed by atoms with Crippen LogP contribution in [-0.2, 0) is 14.3 Å². The van der Waals surface area contributed by atoms with Gasteiger partial charge in [0.05, 0.1) is 25.3 Å². The van der Waals surface area contributed by atoms with Gasteiger partial charge in [-0.25, -0.2) is 9.69 Å². The molecule has 2 amide bonds. The number of morpholine rings is 1. The molecule has 1 heterocycles. The second kappa shape index (κ2) is 8.61. The summed E-state index contributed by atoms with van der Waals surface area (Å²) in [6, 6.07) is -0.723. The van der Waals surface area contributed by atoms with Crippen molar-refractivity contribution in [2.24, 2.45) is 11.7 Å². The van der Waals surface area contributed by atoms with Gasteiger partial charge in [-0.05, 0) is 33.1 Å². The highest BCUT2D eigenvalue weighted by Crippen LogP contribution is 2.14. The largest absolute Gasteiger partial charge is 0.443 e. The number of rotatable bonds is 5. The predicted molar refractivity (Wildman–Crippen MR) is 88.0 cm³/mol. The monoisotopic (exact) mass is 329 g/mol. The Bertz CT molecular complexity index is 401. The van der Waals surface area contributed by atoms with Crippen LogP contribution in [0.2, 0.25) is 0 Å². The van der Waals surface area contributed by atoms with Gasteiger partial charge in [-0.2, -0.15) is 0 Å². The standard InChI is InChI=1S/C16H31N3O4/c1-11(2)8-13(17)14(20)19(15(21)23-16(3,4)5)10-12-9-18-6-7-22-12/h11-13,18H,6-10,17H2,1-5H3/t12?,13-/m0/s1. The molecule has 1 unspecified atom stereocenters. The molecule has 1 aliphatic rings. The molecular weight excluding hydrogens is 298 g/mol. The van der Waals surface area contributed by atoms with Crippen LogP contribution in [0.1, 0.15) is 41.0 Å². The third kappa shape index (κ3) is 7.28. The smallest absolute Gasteiger partial charge is 0.417 e. The number of amides is 2. The van der Waals surface area contributed by atoms with Crippen molar-refractivity contribution in [1.29, 1.82) is 0 Å². The third-order valence-electron chi connectivity index (χ3n) is 3.31. The second-order valence-electron chi connectivity index (χ2n) is 7.36. The predicted octanol–water partition coefficient (Wildman–Crippen LogP) is 1.11. The topological polar surface area (TPSA) is 93.9 Å². The van der Waals surface area contributed by atoms with E-state index in [4.69, 9.17) is 15.2 Å². The molecule has 0 spiro atoms. The Kier molecular flexibility index (Phi) is 7.44. The number of ether oxygens (including phenoxy) is 2. The summed E-state index contributed by atoms with van der Waals surface area (Å²) < 4.78 is 10.9. The minimum absolute atomic E-state index is 0.145. The zero-order valence-electron chi connectivity index (χ0n) is 14.9. The number of carbonyl (C=O) groups excluding carboxylic acids is 2. The Morgan fingerprint density at radius 1 is 1.39 bits per heavy atom. The summed E-state index contributed by atoms with van der Waals surface area (Å²) in [6.45, 7) is 11.3. The molecule has 134 valence electrons. The van der Waals surface area contributed by atoms with Gasteiger partial charge in [-0.1, -0.05) is 13.8 Å². The maximum absolute atomic E-state index is 12.6. The SMILES string of the molecule is CC(C)C[C@H](N)C(=O)N(CC1CNCCO1)C(=O)OC(C)(C)C. The second-order valence-corrected chi connectivity index (χ2v) is 7.36. The van der Waals surface area contributed by atoms with E-state index in [1.54, 1.807) is 20.8 Å². The van der Waals surface area contributed by atoms with Gasteiger partial charge in [0.25, 0.3) is 0 Å². The molecule has 0 aliphatic carbocycles. The Labute approximate surface area is 138 Å². The zero-order valence-corrected chi connectivity index (χ0v) is 14.9. The van der Waals surface area contributed by atoms with Crippen LogP contribution in [0.25, 0.3) is 0 Å². The molecule has 1 aliphatic heterocycles. The highest BCUT2D eigenvalue weighted by atomic mass is 16.6. The van der Waals surface area contributed by atoms with E-state index in [-0.39, 0.29) is 18.6 Å². The van der Waals surface area contributed by atoms with E-state index in [1.165, 1.54) is 0 Å². The van der Waals surface area contributed by atoms with Crippen LogP contribution >= 0.6 is 0 Å². The van der Waals surface area contributed by atoms with E-state index in [0.717, 1.165) is 11.4 Å². The fourth-order valence-electron chi connectivity index (χ4n) is 2.32. The Hall–Kier alpha value is -1.18. The number of nitrogens with one attached hydrogen (secondary N) is 1. The number of hydrogen-bond acceptors (Lipinski definition) is 6. The van der Waals surface area contributed by atoms with Gasteiger partial charge in [0, 0.05) is 13.1 Å². The minimum Gasteiger partial charge on any atom is -0.443 e. The summed E-state index contributed by atoms with van der Waals surface area (Å²) in [5.41, 5.74) is 5.29. The first kappa shape index (κ1) is 19.9. The van der Waals surface area contributed by atoms with Crippen LogP contribution in [0, 0.1) is 5.92 Å². The first-order valence-electron chi connectivity index (χ1n) is 8.22. The number of imide groups is 1. The lowest BCUT2D eigenvalue weighted by atomic mass is 10.0. The maximum Gasteiger partial charge on any atom is 0.417 e. The molecule has 0 radical (unpaired) electrons. The average Bonchev–Trinajstić information content (AvgIpc) is 2.42. The Balaban J connectivity index is 2.81. The lowest BCUT2D eigenvalue weighted by Crippen LogP contribution is -2.54. The van der Waals surface area contributed by atoms with Crippen molar-refractivity contribution in [2.75, 3.05) is 26.2 Å². The van der Waals surface area contributed by atoms with Gasteiger partial charge in [-0.3, -0.25) is 4.79 Å². The molecule has 3 N–H and O–H groups in total. The van der Waals surface area contributed by atoms with E-state index in [1.807, 2.05) is 13.8 Å². The fraction of sp³-hybridized carbons (Fsp3) is 0.875. The molecule has 2 atom stereocenters. The number of carbonyl (C=O) groups is 2. The summed E-state index contributed by atoms with van der Waals surface area (Å²) >= 11 is 0. The van der Waals surface area contributed by atoms with Crippen molar-refractivity contribution in [3.63, 3.8) is 0 Å². The number of nitrogens with zero attached hydrogens (tertiary/aromatic N) is 1. The zero-order chi connectivity index (χ0) is 17.6. The van der Waals surface area contributed by atoms with Crippen molar-refractivity contribution in [1.82, 2.24) is 10.2 Å². The van der Waals surface area contributed by atoms with Gasteiger partial charge in [0.1, 0.15) is 5.60 Å². The van der Waals surface area contributed by atoms with Crippen molar-refractivity contribution >= 4 is 12.0 Å². The van der Waals surface area contributed by atoms with Crippen molar-refractivity contribution in [3.8, 4) is 0 Å². The third-order valence-corrected chi connectivity index (χ3v) is 3.31. The normalized spacial score (nSPS) is 20.2. The fourth-order valence-corrected chi connectivity index (χ4v) is 2.32. The molecule has 7 heteroatoms. The summed E-state index contributed by atoms with van der Waals surface area (Å²) in [5.74, 6) is -0.149. The molecule has 0 saturated carbocycles. The molecule has 1 saturated heterocycles. The molecular formula is C16H31N3O4. The Morgan fingerprint density at radius 2 is 2.04 bits per heavy atom. The van der Waals surface area contributed by atoms with E-state index < -0.39 is 23.6 Å². The summed E-state index contributed by atoms with van der Waals surface area (Å²) in [6.07, 6.45) is -0.399. The summed E-state index contributed by atoms with van der Waals surface area (Å²) in [4.78, 5) is 26.1. The first-order chi connectivity index (χ1) is 10.6. The lowest BCUT2D eigenvalue weighted by Gasteiger charge is -2.32. The molecule has 1 rings (SSSR count). The Morgan fingerprint density at radius 3 is 2.52 bits per heavy atom. The van der Waals surface area contributed by atoms with E-state index in [0.29, 0.717) is 19.6 Å². The van der Waals surface area contributed by atoms with Crippen molar-refractivity contribution in [2.45, 2.75) is 58.8 Å². The molecule has 0 aromatic carbocycles. The van der Waals surface area contributed by atoms with Gasteiger partial charge in [0.2, 0.25) is 5.91 Å². The first-order valence-corrected chi connectivity index (χ1v) is 8.22. The maximum atomic E-state index is 12.6. The van der Waals surface area contributed by atoms with Crippen LogP contribution in [0.5, 0.6) is 0 Å². The van der Waals surface area contributed by atoms with Crippen LogP contribution in [0.15, 0.2) is 0 Å². The van der Waals surface area contributed by atoms with Crippen molar-refractivity contribution < 1.29 is 19.1 Å². The average molecular weight is 329 g/mol. The van der Waals surface area contributed by atoms with Gasteiger partial charge in [0.15, 0.2) is 0 Å². The van der Waals surface area contributed by atoms with Crippen LogP contribution in [0.4, 0.5) is 4.79 Å². The van der Waals surface area contributed by atoms with Gasteiger partial charge >= 0.3 is 6.09 Å². The number of hydrogen-bond donors (Lipinski definition) is 2. The van der Waals surface area contributed by atoms with E-state index in [2.05, 4.69) is 5.32 Å². The highest BCUT2D eigenvalue weighted by molar-refractivity contribution is 5.95.